The maximum Gasteiger partial charge on any atom is 0.241 e. The molecular formula is C19H25N3O3. The van der Waals surface area contributed by atoms with Crippen LogP contribution in [0, 0.1) is 0 Å². The number of amides is 1. The number of furan rings is 1. The molecule has 25 heavy (non-hydrogen) atoms. The average Bonchev–Trinajstić information content (AvgIpc) is 3.15. The van der Waals surface area contributed by atoms with Crippen molar-refractivity contribution in [2.24, 2.45) is 0 Å². The van der Waals surface area contributed by atoms with E-state index in [9.17, 15) is 4.79 Å². The highest BCUT2D eigenvalue weighted by Gasteiger charge is 2.19. The summed E-state index contributed by atoms with van der Waals surface area (Å²) in [5.41, 5.74) is 1.96. The van der Waals surface area contributed by atoms with Crippen molar-refractivity contribution >= 4 is 17.3 Å². The number of ether oxygens (including phenoxy) is 1. The lowest BCUT2D eigenvalue weighted by Gasteiger charge is -2.29. The van der Waals surface area contributed by atoms with Crippen LogP contribution in [-0.2, 0) is 16.1 Å². The summed E-state index contributed by atoms with van der Waals surface area (Å²) in [5.74, 6) is 0.810. The third-order valence-electron chi connectivity index (χ3n) is 4.54. The standard InChI is InChI=1S/C19H25N3O3/c1-15(21(2)14-18-4-3-11-25-18)19(23)20-16-5-7-17(8-6-16)22-9-12-24-13-10-22/h3-8,11,15H,9-10,12-14H2,1-2H3,(H,20,23). The maximum atomic E-state index is 12.5. The molecule has 2 heterocycles. The van der Waals surface area contributed by atoms with Gasteiger partial charge in [-0.3, -0.25) is 9.69 Å². The Morgan fingerprint density at radius 3 is 2.60 bits per heavy atom. The van der Waals surface area contributed by atoms with E-state index in [-0.39, 0.29) is 11.9 Å². The lowest BCUT2D eigenvalue weighted by Crippen LogP contribution is -2.39. The van der Waals surface area contributed by atoms with Crippen molar-refractivity contribution in [3.05, 3.63) is 48.4 Å². The molecule has 1 unspecified atom stereocenters. The minimum atomic E-state index is -0.260. The van der Waals surface area contributed by atoms with Gasteiger partial charge in [0.2, 0.25) is 5.91 Å². The second-order valence-corrected chi connectivity index (χ2v) is 6.31. The Hall–Kier alpha value is -2.31. The number of anilines is 2. The highest BCUT2D eigenvalue weighted by Crippen LogP contribution is 2.19. The molecule has 0 aliphatic carbocycles. The summed E-state index contributed by atoms with van der Waals surface area (Å²) in [6.45, 7) is 5.81. The molecule has 6 nitrogen and oxygen atoms in total. The summed E-state index contributed by atoms with van der Waals surface area (Å²) < 4.78 is 10.7. The van der Waals surface area contributed by atoms with Gasteiger partial charge in [-0.25, -0.2) is 0 Å². The molecule has 6 heteroatoms. The fourth-order valence-electron chi connectivity index (χ4n) is 2.81. The molecule has 1 fully saturated rings. The second-order valence-electron chi connectivity index (χ2n) is 6.31. The predicted molar refractivity (Wildman–Crippen MR) is 97.7 cm³/mol. The lowest BCUT2D eigenvalue weighted by atomic mass is 10.2. The third-order valence-corrected chi connectivity index (χ3v) is 4.54. The number of carbonyl (C=O) groups excluding carboxylic acids is 1. The van der Waals surface area contributed by atoms with Crippen LogP contribution in [0.15, 0.2) is 47.1 Å². The van der Waals surface area contributed by atoms with E-state index in [2.05, 4.69) is 10.2 Å². The smallest absolute Gasteiger partial charge is 0.241 e. The first-order chi connectivity index (χ1) is 12.1. The molecule has 1 N–H and O–H groups in total. The van der Waals surface area contributed by atoms with E-state index in [4.69, 9.17) is 9.15 Å². The van der Waals surface area contributed by atoms with Crippen molar-refractivity contribution in [2.45, 2.75) is 19.5 Å². The predicted octanol–water partition coefficient (Wildman–Crippen LogP) is 2.58. The molecule has 0 radical (unpaired) electrons. The Balaban J connectivity index is 1.54. The number of nitrogens with one attached hydrogen (secondary N) is 1. The van der Waals surface area contributed by atoms with Crippen LogP contribution < -0.4 is 10.2 Å². The fraction of sp³-hybridized carbons (Fsp3) is 0.421. The molecule has 1 aromatic carbocycles. The van der Waals surface area contributed by atoms with Gasteiger partial charge >= 0.3 is 0 Å². The van der Waals surface area contributed by atoms with E-state index in [1.807, 2.05) is 55.3 Å². The van der Waals surface area contributed by atoms with Crippen LogP contribution in [0.3, 0.4) is 0 Å². The Labute approximate surface area is 148 Å². The molecule has 0 spiro atoms. The van der Waals surface area contributed by atoms with E-state index in [0.29, 0.717) is 6.54 Å². The molecule has 1 aliphatic heterocycles. The van der Waals surface area contributed by atoms with Crippen molar-refractivity contribution in [3.63, 3.8) is 0 Å². The second kappa shape index (κ2) is 8.18. The molecule has 1 atom stereocenters. The van der Waals surface area contributed by atoms with Gasteiger partial charge in [-0.2, -0.15) is 0 Å². The van der Waals surface area contributed by atoms with Crippen molar-refractivity contribution < 1.29 is 13.9 Å². The zero-order valence-corrected chi connectivity index (χ0v) is 14.8. The summed E-state index contributed by atoms with van der Waals surface area (Å²) in [7, 11) is 1.91. The minimum Gasteiger partial charge on any atom is -0.468 e. The Morgan fingerprint density at radius 1 is 1.24 bits per heavy atom. The monoisotopic (exact) mass is 343 g/mol. The number of hydrogen-bond acceptors (Lipinski definition) is 5. The topological polar surface area (TPSA) is 58.0 Å². The highest BCUT2D eigenvalue weighted by molar-refractivity contribution is 5.94. The van der Waals surface area contributed by atoms with Crippen LogP contribution in [0.2, 0.25) is 0 Å². The number of likely N-dealkylation sites (N-methyl/N-ethyl adjacent to an activating group) is 1. The van der Waals surface area contributed by atoms with Crippen LogP contribution in [0.5, 0.6) is 0 Å². The van der Waals surface area contributed by atoms with Gasteiger partial charge < -0.3 is 19.4 Å². The van der Waals surface area contributed by atoms with E-state index >= 15 is 0 Å². The SMILES string of the molecule is CC(C(=O)Nc1ccc(N2CCOCC2)cc1)N(C)Cc1ccco1. The van der Waals surface area contributed by atoms with Crippen LogP contribution in [0.25, 0.3) is 0 Å². The highest BCUT2D eigenvalue weighted by atomic mass is 16.5. The van der Waals surface area contributed by atoms with Gasteiger partial charge in [0, 0.05) is 24.5 Å². The third kappa shape index (κ3) is 4.61. The van der Waals surface area contributed by atoms with Gasteiger partial charge in [-0.15, -0.1) is 0 Å². The van der Waals surface area contributed by atoms with Gasteiger partial charge in [-0.05, 0) is 50.4 Å². The number of morpholine rings is 1. The van der Waals surface area contributed by atoms with Crippen molar-refractivity contribution in [1.29, 1.82) is 0 Å². The molecule has 134 valence electrons. The average molecular weight is 343 g/mol. The first-order valence-electron chi connectivity index (χ1n) is 8.60. The summed E-state index contributed by atoms with van der Waals surface area (Å²) in [6, 6.07) is 11.5. The van der Waals surface area contributed by atoms with E-state index in [1.54, 1.807) is 6.26 Å². The number of carbonyl (C=O) groups is 1. The molecule has 1 amide bonds. The summed E-state index contributed by atoms with van der Waals surface area (Å²) in [5, 5.41) is 2.98. The van der Waals surface area contributed by atoms with Gasteiger partial charge in [-0.1, -0.05) is 0 Å². The molecule has 0 bridgehead atoms. The summed E-state index contributed by atoms with van der Waals surface area (Å²) >= 11 is 0. The van der Waals surface area contributed by atoms with Crippen molar-refractivity contribution in [2.75, 3.05) is 43.6 Å². The quantitative estimate of drug-likeness (QED) is 0.874. The van der Waals surface area contributed by atoms with E-state index < -0.39 is 0 Å². The number of nitrogens with zero attached hydrogens (tertiary/aromatic N) is 2. The number of benzene rings is 1. The number of hydrogen-bond donors (Lipinski definition) is 1. The molecular weight excluding hydrogens is 318 g/mol. The summed E-state index contributed by atoms with van der Waals surface area (Å²) in [4.78, 5) is 16.7. The van der Waals surface area contributed by atoms with Gasteiger partial charge in [0.25, 0.3) is 0 Å². The summed E-state index contributed by atoms with van der Waals surface area (Å²) in [6.07, 6.45) is 1.64. The first kappa shape index (κ1) is 17.5. The molecule has 1 aromatic heterocycles. The largest absolute Gasteiger partial charge is 0.468 e. The minimum absolute atomic E-state index is 0.0341. The van der Waals surface area contributed by atoms with Crippen LogP contribution in [-0.4, -0.2) is 50.2 Å². The first-order valence-corrected chi connectivity index (χ1v) is 8.60. The fourth-order valence-corrected chi connectivity index (χ4v) is 2.81. The molecule has 1 saturated heterocycles. The van der Waals surface area contributed by atoms with Gasteiger partial charge in [0.1, 0.15) is 5.76 Å². The van der Waals surface area contributed by atoms with E-state index in [1.165, 1.54) is 0 Å². The molecule has 1 aliphatic rings. The van der Waals surface area contributed by atoms with Crippen LogP contribution in [0.4, 0.5) is 11.4 Å². The maximum absolute atomic E-state index is 12.5. The molecule has 3 rings (SSSR count). The normalized spacial score (nSPS) is 16.0. The zero-order valence-electron chi connectivity index (χ0n) is 14.8. The Bertz CT molecular complexity index is 664. The van der Waals surface area contributed by atoms with Crippen molar-refractivity contribution in [3.8, 4) is 0 Å². The van der Waals surface area contributed by atoms with E-state index in [0.717, 1.165) is 43.4 Å². The van der Waals surface area contributed by atoms with Crippen LogP contribution >= 0.6 is 0 Å². The zero-order chi connectivity index (χ0) is 17.6. The van der Waals surface area contributed by atoms with Gasteiger partial charge in [0.15, 0.2) is 0 Å². The van der Waals surface area contributed by atoms with Crippen molar-refractivity contribution in [1.82, 2.24) is 4.90 Å². The lowest BCUT2D eigenvalue weighted by molar-refractivity contribution is -0.120. The van der Waals surface area contributed by atoms with Crippen LogP contribution in [0.1, 0.15) is 12.7 Å². The number of rotatable bonds is 6. The Kier molecular flexibility index (Phi) is 5.73. The Morgan fingerprint density at radius 2 is 1.96 bits per heavy atom. The molecule has 0 saturated carbocycles. The van der Waals surface area contributed by atoms with Gasteiger partial charge in [0.05, 0.1) is 32.1 Å². The molecule has 2 aromatic rings.